The van der Waals surface area contributed by atoms with Gasteiger partial charge in [0.05, 0.1) is 11.4 Å². The molecule has 0 heterocycles. The fourth-order valence-corrected chi connectivity index (χ4v) is 3.32. The van der Waals surface area contributed by atoms with Gasteiger partial charge in [0.2, 0.25) is 0 Å². The van der Waals surface area contributed by atoms with E-state index < -0.39 is 15.4 Å². The Morgan fingerprint density at radius 1 is 1.07 bits per heavy atom. The van der Waals surface area contributed by atoms with Crippen LogP contribution in [0.15, 0.2) is 64.5 Å². The summed E-state index contributed by atoms with van der Waals surface area (Å²) in [5.41, 5.74) is 0.804. The topological polar surface area (TPSA) is 90.8 Å². The highest BCUT2D eigenvalue weighted by Gasteiger charge is 2.22. The molecule has 0 fully saturated rings. The van der Waals surface area contributed by atoms with Crippen LogP contribution in [0, 0.1) is 0 Å². The zero-order valence-electron chi connectivity index (χ0n) is 17.1. The standard InChI is InChI=1S/C21H29N3O3S.HI/c1-4-22-20(24-16-21(2,25)18-8-6-5-7-9-18)23-15-14-17-10-12-19(13-11-17)28(3,26)27;/h5-13,25H,4,14-16H2,1-3H3,(H2,22,23,24);1H. The van der Waals surface area contributed by atoms with Crippen LogP contribution in [0.25, 0.3) is 0 Å². The molecular weight excluding hydrogens is 501 g/mol. The van der Waals surface area contributed by atoms with Gasteiger partial charge < -0.3 is 15.7 Å². The van der Waals surface area contributed by atoms with Crippen LogP contribution in [-0.4, -0.2) is 45.4 Å². The summed E-state index contributed by atoms with van der Waals surface area (Å²) in [5.74, 6) is 0.631. The van der Waals surface area contributed by atoms with Crippen molar-refractivity contribution in [3.63, 3.8) is 0 Å². The summed E-state index contributed by atoms with van der Waals surface area (Å²) in [4.78, 5) is 4.83. The van der Waals surface area contributed by atoms with E-state index in [1.807, 2.05) is 49.4 Å². The lowest BCUT2D eigenvalue weighted by molar-refractivity contribution is 0.0672. The molecule has 0 aliphatic carbocycles. The quantitative estimate of drug-likeness (QED) is 0.277. The highest BCUT2D eigenvalue weighted by Crippen LogP contribution is 2.20. The normalized spacial score (nSPS) is 13.9. The van der Waals surface area contributed by atoms with Crippen molar-refractivity contribution in [2.45, 2.75) is 30.8 Å². The Morgan fingerprint density at radius 2 is 1.69 bits per heavy atom. The number of aliphatic imine (C=N–C) groups is 1. The van der Waals surface area contributed by atoms with Crippen molar-refractivity contribution >= 4 is 39.8 Å². The Labute approximate surface area is 190 Å². The third-order valence-corrected chi connectivity index (χ3v) is 5.47. The van der Waals surface area contributed by atoms with Crippen molar-refractivity contribution in [2.24, 2.45) is 4.99 Å². The minimum absolute atomic E-state index is 0. The van der Waals surface area contributed by atoms with Gasteiger partial charge in [0, 0.05) is 19.3 Å². The van der Waals surface area contributed by atoms with Gasteiger partial charge in [0.1, 0.15) is 5.60 Å². The molecule has 2 rings (SSSR count). The molecule has 8 heteroatoms. The molecule has 2 aromatic rings. The van der Waals surface area contributed by atoms with Gasteiger partial charge in [-0.05, 0) is 43.5 Å². The Hall–Kier alpha value is -1.65. The van der Waals surface area contributed by atoms with Gasteiger partial charge in [0.15, 0.2) is 15.8 Å². The van der Waals surface area contributed by atoms with Crippen molar-refractivity contribution < 1.29 is 13.5 Å². The van der Waals surface area contributed by atoms with E-state index in [9.17, 15) is 13.5 Å². The van der Waals surface area contributed by atoms with Crippen LogP contribution in [0.3, 0.4) is 0 Å². The first-order valence-corrected chi connectivity index (χ1v) is 11.2. The van der Waals surface area contributed by atoms with E-state index in [1.165, 1.54) is 6.26 Å². The van der Waals surface area contributed by atoms with Crippen LogP contribution in [0.1, 0.15) is 25.0 Å². The van der Waals surface area contributed by atoms with E-state index >= 15 is 0 Å². The smallest absolute Gasteiger partial charge is 0.191 e. The third-order valence-electron chi connectivity index (χ3n) is 4.34. The Kier molecular flexibility index (Phi) is 10.1. The number of nitrogens with zero attached hydrogens (tertiary/aromatic N) is 1. The van der Waals surface area contributed by atoms with E-state index in [0.29, 0.717) is 23.9 Å². The molecule has 2 aromatic carbocycles. The average molecular weight is 531 g/mol. The molecule has 1 atom stereocenters. The molecule has 0 amide bonds. The molecule has 160 valence electrons. The summed E-state index contributed by atoms with van der Waals surface area (Å²) in [6, 6.07) is 16.4. The summed E-state index contributed by atoms with van der Waals surface area (Å²) in [5, 5.41) is 17.1. The largest absolute Gasteiger partial charge is 0.384 e. The van der Waals surface area contributed by atoms with Gasteiger partial charge >= 0.3 is 0 Å². The zero-order chi connectivity index (χ0) is 20.6. The van der Waals surface area contributed by atoms with Gasteiger partial charge in [0.25, 0.3) is 0 Å². The highest BCUT2D eigenvalue weighted by molar-refractivity contribution is 14.0. The van der Waals surface area contributed by atoms with Crippen molar-refractivity contribution in [1.82, 2.24) is 10.6 Å². The van der Waals surface area contributed by atoms with Crippen molar-refractivity contribution in [1.29, 1.82) is 0 Å². The van der Waals surface area contributed by atoms with Gasteiger partial charge in [-0.2, -0.15) is 0 Å². The summed E-state index contributed by atoms with van der Waals surface area (Å²) in [6.45, 7) is 5.31. The second kappa shape index (κ2) is 11.5. The van der Waals surface area contributed by atoms with Gasteiger partial charge in [-0.1, -0.05) is 42.5 Å². The fraction of sp³-hybridized carbons (Fsp3) is 0.381. The number of nitrogens with one attached hydrogen (secondary N) is 2. The van der Waals surface area contributed by atoms with Crippen LogP contribution >= 0.6 is 24.0 Å². The summed E-state index contributed by atoms with van der Waals surface area (Å²) < 4.78 is 23.0. The lowest BCUT2D eigenvalue weighted by Crippen LogP contribution is -2.39. The Morgan fingerprint density at radius 3 is 2.24 bits per heavy atom. The predicted molar refractivity (Wildman–Crippen MR) is 129 cm³/mol. The number of sulfone groups is 1. The van der Waals surface area contributed by atoms with Crippen LogP contribution in [0.2, 0.25) is 0 Å². The molecule has 0 aliphatic heterocycles. The first kappa shape index (κ1) is 25.4. The molecule has 0 radical (unpaired) electrons. The van der Waals surface area contributed by atoms with Crippen LogP contribution in [-0.2, 0) is 21.9 Å². The van der Waals surface area contributed by atoms with Crippen LogP contribution in [0.4, 0.5) is 0 Å². The second-order valence-corrected chi connectivity index (χ2v) is 8.94. The van der Waals surface area contributed by atoms with E-state index in [-0.39, 0.29) is 30.5 Å². The SMILES string of the molecule is CCNC(=NCC(C)(O)c1ccccc1)NCCc1ccc(S(C)(=O)=O)cc1.I. The molecule has 0 bridgehead atoms. The molecule has 0 saturated carbocycles. The van der Waals surface area contributed by atoms with Crippen molar-refractivity contribution in [3.05, 3.63) is 65.7 Å². The van der Waals surface area contributed by atoms with E-state index in [2.05, 4.69) is 15.6 Å². The summed E-state index contributed by atoms with van der Waals surface area (Å²) in [7, 11) is -3.17. The minimum atomic E-state index is -3.17. The van der Waals surface area contributed by atoms with Crippen molar-refractivity contribution in [2.75, 3.05) is 25.9 Å². The number of hydrogen-bond acceptors (Lipinski definition) is 4. The first-order valence-electron chi connectivity index (χ1n) is 9.31. The summed E-state index contributed by atoms with van der Waals surface area (Å²) >= 11 is 0. The Bertz CT molecular complexity index is 883. The predicted octanol–water partition coefficient (Wildman–Crippen LogP) is 2.71. The number of rotatable bonds is 8. The lowest BCUT2D eigenvalue weighted by atomic mass is 9.96. The Balaban J connectivity index is 0.00000420. The van der Waals surface area contributed by atoms with E-state index in [4.69, 9.17) is 0 Å². The molecule has 0 aromatic heterocycles. The van der Waals surface area contributed by atoms with Gasteiger partial charge in [-0.15, -0.1) is 24.0 Å². The highest BCUT2D eigenvalue weighted by atomic mass is 127. The van der Waals surface area contributed by atoms with E-state index in [1.54, 1.807) is 19.1 Å². The maximum Gasteiger partial charge on any atom is 0.191 e. The maximum atomic E-state index is 11.5. The molecule has 0 saturated heterocycles. The van der Waals surface area contributed by atoms with Gasteiger partial charge in [-0.25, -0.2) is 13.4 Å². The minimum Gasteiger partial charge on any atom is -0.384 e. The molecule has 3 N–H and O–H groups in total. The van der Waals surface area contributed by atoms with Crippen molar-refractivity contribution in [3.8, 4) is 0 Å². The molecular formula is C21H30IN3O3S. The lowest BCUT2D eigenvalue weighted by Gasteiger charge is -2.22. The summed E-state index contributed by atoms with van der Waals surface area (Å²) in [6.07, 6.45) is 1.93. The number of aliphatic hydroxyl groups is 1. The number of halogens is 1. The average Bonchev–Trinajstić information content (AvgIpc) is 2.66. The van der Waals surface area contributed by atoms with E-state index in [0.717, 1.165) is 17.5 Å². The molecule has 6 nitrogen and oxygen atoms in total. The monoisotopic (exact) mass is 531 g/mol. The second-order valence-electron chi connectivity index (χ2n) is 6.93. The molecule has 0 spiro atoms. The van der Waals surface area contributed by atoms with Crippen LogP contribution in [0.5, 0.6) is 0 Å². The molecule has 0 aliphatic rings. The fourth-order valence-electron chi connectivity index (χ4n) is 2.69. The number of benzene rings is 2. The number of hydrogen-bond donors (Lipinski definition) is 3. The molecule has 1 unspecified atom stereocenters. The first-order chi connectivity index (χ1) is 13.2. The third kappa shape index (κ3) is 8.31. The van der Waals surface area contributed by atoms with Crippen LogP contribution < -0.4 is 10.6 Å². The molecule has 29 heavy (non-hydrogen) atoms. The van der Waals surface area contributed by atoms with Gasteiger partial charge in [-0.3, -0.25) is 0 Å². The zero-order valence-corrected chi connectivity index (χ0v) is 20.2. The number of guanidine groups is 1. The maximum absolute atomic E-state index is 11.5.